The Morgan fingerprint density at radius 3 is 2.42 bits per heavy atom. The van der Waals surface area contributed by atoms with Crippen LogP contribution in [-0.2, 0) is 16.3 Å². The minimum Gasteiger partial charge on any atom is -0.399 e. The van der Waals surface area contributed by atoms with Gasteiger partial charge in [0.1, 0.15) is 13.7 Å². The molecular weight excluding hydrogens is 300 g/mol. The van der Waals surface area contributed by atoms with Gasteiger partial charge in [-0.05, 0) is 38.8 Å². The quantitative estimate of drug-likeness (QED) is 0.575. The summed E-state index contributed by atoms with van der Waals surface area (Å²) in [4.78, 5) is 10.5. The van der Waals surface area contributed by atoms with Crippen molar-refractivity contribution >= 4 is 11.4 Å². The average molecular weight is 324 g/mol. The second-order valence-corrected chi connectivity index (χ2v) is 5.78. The molecule has 0 unspecified atom stereocenters. The zero-order valence-electron chi connectivity index (χ0n) is 15.0. The normalized spacial score (nSPS) is 12.2. The molecule has 126 valence electrons. The van der Waals surface area contributed by atoms with Crippen molar-refractivity contribution in [2.45, 2.75) is 34.3 Å². The monoisotopic (exact) mass is 324 g/mol. The van der Waals surface area contributed by atoms with E-state index in [9.17, 15) is 0 Å². The lowest BCUT2D eigenvalue weighted by molar-refractivity contribution is 0.130. The van der Waals surface area contributed by atoms with Crippen LogP contribution in [0.1, 0.15) is 41.7 Å². The zero-order chi connectivity index (χ0) is 17.5. The highest BCUT2D eigenvalue weighted by atomic mass is 16.6. The highest BCUT2D eigenvalue weighted by molar-refractivity contribution is 6.00. The summed E-state index contributed by atoms with van der Waals surface area (Å²) in [6, 6.07) is 14.3. The lowest BCUT2D eigenvalue weighted by atomic mass is 10.00. The standard InChI is InChI=1S/C20H24N2O2/c1-14-8-6-10-18(12-14)16(3)22-24-13-20-15(2)9-7-11-19(20)17(4)21-23-5/h6-12H,13H2,1-5H3/b21-17-,22-16+. The Balaban J connectivity index is 2.17. The third-order valence-electron chi connectivity index (χ3n) is 3.87. The molecule has 0 bridgehead atoms. The van der Waals surface area contributed by atoms with Gasteiger partial charge in [-0.3, -0.25) is 0 Å². The van der Waals surface area contributed by atoms with Gasteiger partial charge >= 0.3 is 0 Å². The van der Waals surface area contributed by atoms with Gasteiger partial charge in [-0.2, -0.15) is 0 Å². The molecular formula is C20H24N2O2. The maximum Gasteiger partial charge on any atom is 0.143 e. The molecule has 0 fully saturated rings. The summed E-state index contributed by atoms with van der Waals surface area (Å²) in [7, 11) is 1.55. The van der Waals surface area contributed by atoms with Gasteiger partial charge < -0.3 is 9.68 Å². The lowest BCUT2D eigenvalue weighted by Gasteiger charge is -2.11. The molecule has 0 aliphatic carbocycles. The summed E-state index contributed by atoms with van der Waals surface area (Å²) in [6.07, 6.45) is 0. The molecule has 2 aromatic carbocycles. The van der Waals surface area contributed by atoms with Gasteiger partial charge in [0.2, 0.25) is 0 Å². The van der Waals surface area contributed by atoms with Gasteiger partial charge in [0.05, 0.1) is 11.4 Å². The van der Waals surface area contributed by atoms with Crippen molar-refractivity contribution in [1.82, 2.24) is 0 Å². The molecule has 0 atom stereocenters. The summed E-state index contributed by atoms with van der Waals surface area (Å²) in [6.45, 7) is 8.38. The number of aryl methyl sites for hydroxylation is 2. The molecule has 24 heavy (non-hydrogen) atoms. The first-order chi connectivity index (χ1) is 11.5. The summed E-state index contributed by atoms with van der Waals surface area (Å²) in [5, 5.41) is 8.29. The molecule has 0 N–H and O–H groups in total. The van der Waals surface area contributed by atoms with Crippen LogP contribution in [0.2, 0.25) is 0 Å². The van der Waals surface area contributed by atoms with E-state index < -0.39 is 0 Å². The summed E-state index contributed by atoms with van der Waals surface area (Å²) < 4.78 is 0. The highest BCUT2D eigenvalue weighted by Gasteiger charge is 2.09. The van der Waals surface area contributed by atoms with E-state index in [0.717, 1.165) is 33.7 Å². The van der Waals surface area contributed by atoms with Crippen molar-refractivity contribution in [2.24, 2.45) is 10.3 Å². The number of nitrogens with zero attached hydrogens (tertiary/aromatic N) is 2. The van der Waals surface area contributed by atoms with Crippen molar-refractivity contribution in [1.29, 1.82) is 0 Å². The second kappa shape index (κ2) is 8.29. The number of rotatable bonds is 6. The van der Waals surface area contributed by atoms with E-state index in [1.54, 1.807) is 7.11 Å². The fourth-order valence-corrected chi connectivity index (χ4v) is 2.54. The molecule has 0 heterocycles. The van der Waals surface area contributed by atoms with E-state index in [1.807, 2.05) is 38.1 Å². The third-order valence-corrected chi connectivity index (χ3v) is 3.87. The van der Waals surface area contributed by atoms with E-state index in [4.69, 9.17) is 9.68 Å². The van der Waals surface area contributed by atoms with Crippen molar-refractivity contribution in [3.63, 3.8) is 0 Å². The molecule has 0 spiro atoms. The first-order valence-electron chi connectivity index (χ1n) is 7.93. The molecule has 2 aromatic rings. The molecule has 2 rings (SSSR count). The maximum atomic E-state index is 5.62. The minimum atomic E-state index is 0.391. The lowest BCUT2D eigenvalue weighted by Crippen LogP contribution is -2.05. The molecule has 0 saturated carbocycles. The van der Waals surface area contributed by atoms with Crippen molar-refractivity contribution in [3.05, 3.63) is 70.3 Å². The van der Waals surface area contributed by atoms with Crippen LogP contribution in [0.15, 0.2) is 52.8 Å². The minimum absolute atomic E-state index is 0.391. The van der Waals surface area contributed by atoms with E-state index in [1.165, 1.54) is 5.56 Å². The first-order valence-corrected chi connectivity index (χ1v) is 7.93. The Morgan fingerprint density at radius 2 is 1.71 bits per heavy atom. The molecule has 4 heteroatoms. The fraction of sp³-hybridized carbons (Fsp3) is 0.300. The van der Waals surface area contributed by atoms with Crippen molar-refractivity contribution in [3.8, 4) is 0 Å². The van der Waals surface area contributed by atoms with Crippen LogP contribution in [0.4, 0.5) is 0 Å². The zero-order valence-corrected chi connectivity index (χ0v) is 15.0. The second-order valence-electron chi connectivity index (χ2n) is 5.78. The predicted octanol–water partition coefficient (Wildman–Crippen LogP) is 4.61. The van der Waals surface area contributed by atoms with Crippen LogP contribution in [-0.4, -0.2) is 18.5 Å². The topological polar surface area (TPSA) is 43.2 Å². The molecule has 0 radical (unpaired) electrons. The number of benzene rings is 2. The van der Waals surface area contributed by atoms with Crippen LogP contribution in [0.25, 0.3) is 0 Å². The number of hydrogen-bond acceptors (Lipinski definition) is 4. The van der Waals surface area contributed by atoms with Gasteiger partial charge in [-0.1, -0.05) is 58.3 Å². The van der Waals surface area contributed by atoms with Crippen LogP contribution in [0, 0.1) is 13.8 Å². The first kappa shape index (κ1) is 17.7. The van der Waals surface area contributed by atoms with Gasteiger partial charge in [0.25, 0.3) is 0 Å². The summed E-state index contributed by atoms with van der Waals surface area (Å²) in [5.41, 5.74) is 7.17. The van der Waals surface area contributed by atoms with Crippen molar-refractivity contribution in [2.75, 3.05) is 7.11 Å². The maximum absolute atomic E-state index is 5.62. The van der Waals surface area contributed by atoms with E-state index in [2.05, 4.69) is 42.4 Å². The molecule has 0 aliphatic heterocycles. The largest absolute Gasteiger partial charge is 0.399 e. The van der Waals surface area contributed by atoms with Crippen LogP contribution in [0.3, 0.4) is 0 Å². The molecule has 0 amide bonds. The molecule has 0 aromatic heterocycles. The SMILES string of the molecule is CO/N=C(/C)c1cccc(C)c1CO/N=C(\C)c1cccc(C)c1. The Hall–Kier alpha value is -2.62. The molecule has 4 nitrogen and oxygen atoms in total. The highest BCUT2D eigenvalue weighted by Crippen LogP contribution is 2.17. The smallest absolute Gasteiger partial charge is 0.143 e. The molecule has 0 aliphatic rings. The Morgan fingerprint density at radius 1 is 0.958 bits per heavy atom. The molecule has 0 saturated heterocycles. The Bertz CT molecular complexity index is 764. The van der Waals surface area contributed by atoms with E-state index >= 15 is 0 Å². The van der Waals surface area contributed by atoms with Crippen LogP contribution < -0.4 is 0 Å². The van der Waals surface area contributed by atoms with Gasteiger partial charge in [-0.25, -0.2) is 0 Å². The fourth-order valence-electron chi connectivity index (χ4n) is 2.54. The van der Waals surface area contributed by atoms with Crippen LogP contribution in [0.5, 0.6) is 0 Å². The summed E-state index contributed by atoms with van der Waals surface area (Å²) in [5.74, 6) is 0. The van der Waals surface area contributed by atoms with Crippen molar-refractivity contribution < 1.29 is 9.68 Å². The Labute approximate surface area is 143 Å². The van der Waals surface area contributed by atoms with E-state index in [-0.39, 0.29) is 0 Å². The number of hydrogen-bond donors (Lipinski definition) is 0. The summed E-state index contributed by atoms with van der Waals surface area (Å²) >= 11 is 0. The van der Waals surface area contributed by atoms with Crippen LogP contribution >= 0.6 is 0 Å². The van der Waals surface area contributed by atoms with Gasteiger partial charge in [0.15, 0.2) is 0 Å². The van der Waals surface area contributed by atoms with Gasteiger partial charge in [-0.15, -0.1) is 0 Å². The Kier molecular flexibility index (Phi) is 6.13. The third kappa shape index (κ3) is 4.44. The predicted molar refractivity (Wildman–Crippen MR) is 98.6 cm³/mol. The van der Waals surface area contributed by atoms with Gasteiger partial charge in [0, 0.05) is 11.1 Å². The average Bonchev–Trinajstić information content (AvgIpc) is 2.56. The number of oxime groups is 2. The van der Waals surface area contributed by atoms with E-state index in [0.29, 0.717) is 6.61 Å².